The second-order valence-electron chi connectivity index (χ2n) is 4.25. The van der Waals surface area contributed by atoms with Gasteiger partial charge in [0, 0.05) is 7.05 Å². The van der Waals surface area contributed by atoms with Crippen molar-refractivity contribution in [1.82, 2.24) is 19.3 Å². The first-order chi connectivity index (χ1) is 9.57. The smallest absolute Gasteiger partial charge is 0.260 e. The highest BCUT2D eigenvalue weighted by atomic mass is 32.2. The maximum absolute atomic E-state index is 12.2. The molecule has 3 aromatic rings. The Bertz CT molecular complexity index is 791. The number of hydrogen-bond acceptors (Lipinski definition) is 5. The monoisotopic (exact) mass is 308 g/mol. The van der Waals surface area contributed by atoms with Crippen molar-refractivity contribution >= 4 is 31.6 Å². The van der Waals surface area contributed by atoms with E-state index in [1.165, 1.54) is 35.2 Å². The van der Waals surface area contributed by atoms with Crippen LogP contribution in [-0.2, 0) is 16.6 Å². The number of fused-ring (bicyclic) bond motifs is 1. The number of rotatable bonds is 4. The third kappa shape index (κ3) is 2.33. The Kier molecular flexibility index (Phi) is 3.28. The van der Waals surface area contributed by atoms with Crippen molar-refractivity contribution in [3.8, 4) is 0 Å². The molecule has 8 heteroatoms. The fraction of sp³-hybridized carbons (Fsp3) is 0.167. The average molecular weight is 308 g/mol. The lowest BCUT2D eigenvalue weighted by atomic mass is 10.3. The molecular weight excluding hydrogens is 296 g/mol. The largest absolute Gasteiger partial charge is 0.335 e. The number of benzene rings is 1. The zero-order valence-electron chi connectivity index (χ0n) is 10.6. The SMILES string of the molecule is CN(Cc1nc2ccccc2s1)S(=O)(=O)c1cnc[nH]1. The van der Waals surface area contributed by atoms with E-state index in [1.54, 1.807) is 0 Å². The summed E-state index contributed by atoms with van der Waals surface area (Å²) in [7, 11) is -2.02. The maximum Gasteiger partial charge on any atom is 0.260 e. The van der Waals surface area contributed by atoms with E-state index in [0.29, 0.717) is 0 Å². The molecule has 20 heavy (non-hydrogen) atoms. The fourth-order valence-corrected chi connectivity index (χ4v) is 3.94. The highest BCUT2D eigenvalue weighted by Crippen LogP contribution is 2.23. The van der Waals surface area contributed by atoms with Crippen LogP contribution in [0.5, 0.6) is 0 Å². The number of sulfonamides is 1. The van der Waals surface area contributed by atoms with Crippen molar-refractivity contribution in [3.63, 3.8) is 0 Å². The maximum atomic E-state index is 12.2. The van der Waals surface area contributed by atoms with Crippen LogP contribution in [-0.4, -0.2) is 34.7 Å². The summed E-state index contributed by atoms with van der Waals surface area (Å²) in [4.78, 5) is 10.8. The van der Waals surface area contributed by atoms with E-state index in [0.717, 1.165) is 15.2 Å². The minimum Gasteiger partial charge on any atom is -0.335 e. The number of para-hydroxylation sites is 1. The number of aromatic nitrogens is 3. The summed E-state index contributed by atoms with van der Waals surface area (Å²) in [6, 6.07) is 7.74. The van der Waals surface area contributed by atoms with E-state index < -0.39 is 10.0 Å². The molecule has 104 valence electrons. The number of hydrogen-bond donors (Lipinski definition) is 1. The van der Waals surface area contributed by atoms with Gasteiger partial charge in [0.15, 0.2) is 5.03 Å². The summed E-state index contributed by atoms with van der Waals surface area (Å²) >= 11 is 1.50. The zero-order valence-corrected chi connectivity index (χ0v) is 12.3. The predicted octanol–water partition coefficient (Wildman–Crippen LogP) is 1.84. The molecule has 0 saturated heterocycles. The van der Waals surface area contributed by atoms with Crippen molar-refractivity contribution in [2.45, 2.75) is 11.6 Å². The Morgan fingerprint density at radius 1 is 1.35 bits per heavy atom. The standard InChI is InChI=1S/C12H12N4O2S2/c1-16(20(17,18)12-6-13-8-14-12)7-11-15-9-4-2-3-5-10(9)19-11/h2-6,8H,7H2,1H3,(H,13,14). The van der Waals surface area contributed by atoms with Gasteiger partial charge in [0.05, 0.1) is 29.3 Å². The Labute approximate surface area is 120 Å². The van der Waals surface area contributed by atoms with Gasteiger partial charge < -0.3 is 4.98 Å². The van der Waals surface area contributed by atoms with Gasteiger partial charge in [0.2, 0.25) is 0 Å². The summed E-state index contributed by atoms with van der Waals surface area (Å²) in [5, 5.41) is 0.845. The summed E-state index contributed by atoms with van der Waals surface area (Å²) in [5.74, 6) is 0. The molecule has 2 heterocycles. The number of nitrogens with zero attached hydrogens (tertiary/aromatic N) is 3. The van der Waals surface area contributed by atoms with E-state index >= 15 is 0 Å². The highest BCUT2D eigenvalue weighted by Gasteiger charge is 2.23. The van der Waals surface area contributed by atoms with Crippen molar-refractivity contribution in [2.75, 3.05) is 7.05 Å². The Balaban J connectivity index is 1.87. The number of nitrogens with one attached hydrogen (secondary N) is 1. The molecule has 0 unspecified atom stereocenters. The molecule has 1 N–H and O–H groups in total. The first kappa shape index (κ1) is 13.2. The van der Waals surface area contributed by atoms with Crippen LogP contribution in [0, 0.1) is 0 Å². The van der Waals surface area contributed by atoms with E-state index in [1.807, 2.05) is 24.3 Å². The molecule has 0 aliphatic rings. The molecule has 0 atom stereocenters. The van der Waals surface area contributed by atoms with Crippen molar-refractivity contribution < 1.29 is 8.42 Å². The topological polar surface area (TPSA) is 79.0 Å². The van der Waals surface area contributed by atoms with Crippen LogP contribution in [0.2, 0.25) is 0 Å². The fourth-order valence-electron chi connectivity index (χ4n) is 1.82. The molecule has 0 amide bonds. The van der Waals surface area contributed by atoms with Crippen LogP contribution in [0.3, 0.4) is 0 Å². The quantitative estimate of drug-likeness (QED) is 0.797. The van der Waals surface area contributed by atoms with Gasteiger partial charge in [-0.05, 0) is 12.1 Å². The lowest BCUT2D eigenvalue weighted by Crippen LogP contribution is -2.26. The first-order valence-corrected chi connectivity index (χ1v) is 8.12. The van der Waals surface area contributed by atoms with Gasteiger partial charge >= 0.3 is 0 Å². The summed E-state index contributed by atoms with van der Waals surface area (Å²) in [6.07, 6.45) is 2.64. The van der Waals surface area contributed by atoms with Gasteiger partial charge in [-0.2, -0.15) is 4.31 Å². The molecule has 0 aliphatic heterocycles. The molecule has 2 aromatic heterocycles. The normalized spacial score (nSPS) is 12.3. The molecule has 0 radical (unpaired) electrons. The predicted molar refractivity (Wildman–Crippen MR) is 76.9 cm³/mol. The first-order valence-electron chi connectivity index (χ1n) is 5.86. The molecule has 1 aromatic carbocycles. The lowest BCUT2D eigenvalue weighted by Gasteiger charge is -2.13. The lowest BCUT2D eigenvalue weighted by molar-refractivity contribution is 0.464. The molecule has 3 rings (SSSR count). The van der Waals surface area contributed by atoms with Gasteiger partial charge in [0.1, 0.15) is 5.01 Å². The third-order valence-electron chi connectivity index (χ3n) is 2.86. The summed E-state index contributed by atoms with van der Waals surface area (Å²) in [6.45, 7) is 0.237. The zero-order chi connectivity index (χ0) is 14.2. The van der Waals surface area contributed by atoms with Crippen LogP contribution < -0.4 is 0 Å². The van der Waals surface area contributed by atoms with E-state index in [9.17, 15) is 8.42 Å². The Morgan fingerprint density at radius 2 is 2.15 bits per heavy atom. The Morgan fingerprint density at radius 3 is 2.85 bits per heavy atom. The van der Waals surface area contributed by atoms with E-state index in [2.05, 4.69) is 15.0 Å². The number of imidazole rings is 1. The molecule has 6 nitrogen and oxygen atoms in total. The van der Waals surface area contributed by atoms with Gasteiger partial charge in [-0.3, -0.25) is 0 Å². The van der Waals surface area contributed by atoms with Crippen molar-refractivity contribution in [1.29, 1.82) is 0 Å². The highest BCUT2D eigenvalue weighted by molar-refractivity contribution is 7.89. The molecule has 0 aliphatic carbocycles. The average Bonchev–Trinajstić information content (AvgIpc) is 3.07. The van der Waals surface area contributed by atoms with Crippen LogP contribution >= 0.6 is 11.3 Å². The molecule has 0 fully saturated rings. The molecule has 0 spiro atoms. The minimum atomic E-state index is -3.55. The van der Waals surface area contributed by atoms with Gasteiger partial charge in [-0.25, -0.2) is 18.4 Å². The second-order valence-corrected chi connectivity index (χ2v) is 7.38. The number of thiazole rings is 1. The second kappa shape index (κ2) is 4.97. The Hall–Kier alpha value is -1.77. The molecule has 0 saturated carbocycles. The molecule has 0 bridgehead atoms. The van der Waals surface area contributed by atoms with Crippen LogP contribution in [0.1, 0.15) is 5.01 Å². The summed E-state index contributed by atoms with van der Waals surface area (Å²) < 4.78 is 26.8. The van der Waals surface area contributed by atoms with Gasteiger partial charge in [-0.15, -0.1) is 11.3 Å². The summed E-state index contributed by atoms with van der Waals surface area (Å²) in [5.41, 5.74) is 0.889. The van der Waals surface area contributed by atoms with Crippen molar-refractivity contribution in [2.24, 2.45) is 0 Å². The van der Waals surface area contributed by atoms with E-state index in [-0.39, 0.29) is 11.6 Å². The molecular formula is C12H12N4O2S2. The minimum absolute atomic E-state index is 0.0844. The van der Waals surface area contributed by atoms with Crippen molar-refractivity contribution in [3.05, 3.63) is 41.8 Å². The van der Waals surface area contributed by atoms with Crippen LogP contribution in [0.25, 0.3) is 10.2 Å². The number of aromatic amines is 1. The third-order valence-corrected chi connectivity index (χ3v) is 5.61. The number of H-pyrrole nitrogens is 1. The van der Waals surface area contributed by atoms with Gasteiger partial charge in [0.25, 0.3) is 10.0 Å². The van der Waals surface area contributed by atoms with Crippen LogP contribution in [0.4, 0.5) is 0 Å². The van der Waals surface area contributed by atoms with Crippen LogP contribution in [0.15, 0.2) is 41.8 Å². The van der Waals surface area contributed by atoms with E-state index in [4.69, 9.17) is 0 Å². The van der Waals surface area contributed by atoms with Gasteiger partial charge in [-0.1, -0.05) is 12.1 Å².